The number of likely N-dealkylation sites (tertiary alicyclic amines) is 1. The van der Waals surface area contributed by atoms with Gasteiger partial charge in [0.15, 0.2) is 0 Å². The third kappa shape index (κ3) is 32.4. The molecule has 0 aromatic heterocycles. The predicted molar refractivity (Wildman–Crippen MR) is 408 cm³/mol. The number of hydrogen-bond acceptors (Lipinski definition) is 21. The molecule has 2 aliphatic heterocycles. The van der Waals surface area contributed by atoms with Crippen LogP contribution in [0.25, 0.3) is 0 Å². The summed E-state index contributed by atoms with van der Waals surface area (Å²) in [4.78, 5) is 247. The van der Waals surface area contributed by atoms with Crippen molar-refractivity contribution < 1.29 is 112 Å². The summed E-state index contributed by atoms with van der Waals surface area (Å²) in [6.45, 7) is 10.1. The van der Waals surface area contributed by atoms with Crippen LogP contribution in [0.3, 0.4) is 0 Å². The molecule has 636 valence electrons. The normalized spacial score (nSPS) is 24.3. The Labute approximate surface area is 661 Å². The molecule has 0 spiro atoms. The molecular formula is C75H118N16O23. The average molecular weight is 1610 g/mol. The lowest BCUT2D eigenvalue weighted by atomic mass is 9.90. The van der Waals surface area contributed by atoms with Gasteiger partial charge in [0.05, 0.1) is 39.2 Å². The molecule has 22 N–H and O–H groups in total. The standard InChI is InChI=1S/C75H118N16O23/c1-10-42(5)59-70(111)85-52(39-93)66(107)83-50(35-55(76)96)65(106)81-48(33-41(3)4)64(105)82-49(34-45-25-20-19-21-26-45)67(108)89-74(8,72(113)86-46(28-29-57(98)99)63(104)80-47(61(77)102)36-58(100)101)30-22-17-15-13-12-14-16-18-23-31-75(9,73(114)88-60(43(6)11-2)71(112)87-59)90-68(109)53(40-94)79-56(97)37-78-62(103)51(38-92)84-69(110)54-27-24-32-91(54)44(7)95/h13,15,19-21,25-26,41-43,46-54,59-60,92-94H,10-12,14,16-18,22-24,27-40H2,1-9H3,(H2,76,96)(H2,77,102)(H,78,103)(H,79,97)(H,80,104)(H,81,106)(H,82,105)(H,83,107)(H,84,110)(H,85,111)(H,86,113)(H,87,112)(H,88,114)(H,89,108)(H,90,109)(H,98,99)(H,100,101)/b15-13+/t42-,43-,46-,47-,48-,49-,50-,51-,52-,53-,54-,59-,60-,74-,75-/m0/s1. The van der Waals surface area contributed by atoms with Gasteiger partial charge in [0, 0.05) is 26.3 Å². The third-order valence-electron chi connectivity index (χ3n) is 19.8. The highest BCUT2D eigenvalue weighted by Gasteiger charge is 2.44. The molecule has 0 aliphatic carbocycles. The van der Waals surface area contributed by atoms with Gasteiger partial charge in [0.2, 0.25) is 94.5 Å². The van der Waals surface area contributed by atoms with Gasteiger partial charge in [-0.15, -0.1) is 0 Å². The van der Waals surface area contributed by atoms with Crippen LogP contribution in [0.15, 0.2) is 42.5 Å². The van der Waals surface area contributed by atoms with Crippen LogP contribution >= 0.6 is 0 Å². The van der Waals surface area contributed by atoms with Gasteiger partial charge < -0.3 is 111 Å². The number of aliphatic carboxylic acids is 2. The number of carboxylic acid groups (broad SMARTS) is 2. The van der Waals surface area contributed by atoms with Crippen molar-refractivity contribution in [1.82, 2.24) is 74.0 Å². The average Bonchev–Trinajstić information content (AvgIpc) is 0.984. The lowest BCUT2D eigenvalue weighted by Crippen LogP contribution is -2.65. The van der Waals surface area contributed by atoms with Crippen molar-refractivity contribution in [2.45, 2.75) is 262 Å². The molecule has 0 radical (unpaired) electrons. The van der Waals surface area contributed by atoms with Crippen molar-refractivity contribution in [3.05, 3.63) is 48.0 Å². The summed E-state index contributed by atoms with van der Waals surface area (Å²) >= 11 is 0. The molecule has 1 fully saturated rings. The van der Waals surface area contributed by atoms with E-state index in [0.29, 0.717) is 50.6 Å². The second-order valence-corrected chi connectivity index (χ2v) is 29.7. The summed E-state index contributed by atoms with van der Waals surface area (Å²) in [5.41, 5.74) is 7.42. The Morgan fingerprint density at radius 1 is 0.588 bits per heavy atom. The molecule has 2 heterocycles. The zero-order valence-corrected chi connectivity index (χ0v) is 66.3. The molecule has 39 heteroatoms. The number of carboxylic acids is 2. The van der Waals surface area contributed by atoms with Crippen molar-refractivity contribution in [2.75, 3.05) is 32.9 Å². The minimum absolute atomic E-state index is 0.111. The first-order valence-corrected chi connectivity index (χ1v) is 38.4. The maximum absolute atomic E-state index is 15.0. The molecule has 1 aromatic rings. The van der Waals surface area contributed by atoms with Gasteiger partial charge in [-0.3, -0.25) is 86.3 Å². The van der Waals surface area contributed by atoms with Gasteiger partial charge >= 0.3 is 11.9 Å². The molecule has 3 rings (SSSR count). The lowest BCUT2D eigenvalue weighted by Gasteiger charge is -2.35. The molecule has 2 aliphatic rings. The van der Waals surface area contributed by atoms with E-state index >= 15 is 4.79 Å². The number of aliphatic hydroxyl groups is 3. The monoisotopic (exact) mass is 1610 g/mol. The number of nitrogens with two attached hydrogens (primary N) is 2. The fourth-order valence-electron chi connectivity index (χ4n) is 12.6. The van der Waals surface area contributed by atoms with Gasteiger partial charge in [-0.1, -0.05) is 116 Å². The second kappa shape index (κ2) is 48.4. The highest BCUT2D eigenvalue weighted by Crippen LogP contribution is 2.23. The maximum Gasteiger partial charge on any atom is 0.305 e. The first-order valence-electron chi connectivity index (χ1n) is 38.4. The Balaban J connectivity index is 2.19. The van der Waals surface area contributed by atoms with Crippen LogP contribution < -0.4 is 80.6 Å². The molecule has 0 saturated carbocycles. The maximum atomic E-state index is 15.0. The molecule has 1 saturated heterocycles. The largest absolute Gasteiger partial charge is 0.481 e. The van der Waals surface area contributed by atoms with Crippen LogP contribution in [-0.2, 0) is 92.7 Å². The van der Waals surface area contributed by atoms with Gasteiger partial charge in [0.25, 0.3) is 0 Å². The van der Waals surface area contributed by atoms with Crippen molar-refractivity contribution in [3.63, 3.8) is 0 Å². The second-order valence-electron chi connectivity index (χ2n) is 29.7. The van der Waals surface area contributed by atoms with E-state index in [1.807, 2.05) is 6.08 Å². The first-order chi connectivity index (χ1) is 53.7. The van der Waals surface area contributed by atoms with E-state index in [4.69, 9.17) is 11.5 Å². The van der Waals surface area contributed by atoms with Gasteiger partial charge in [0.1, 0.15) is 77.5 Å². The number of carbonyl (C=O) groups excluding carboxylic acids is 16. The van der Waals surface area contributed by atoms with E-state index in [9.17, 15) is 107 Å². The van der Waals surface area contributed by atoms with E-state index in [-0.39, 0.29) is 63.7 Å². The Hall–Kier alpha value is -10.7. The SMILES string of the molecule is CC[C@H](C)[C@@H]1NC(=O)[C@H]([C@@H](C)CC)NC(=O)[C@@](C)(NC(=O)[C@H](CO)NC(=O)CNC(=O)[C@H](CO)NC(=O)[C@@H]2CCCN2C(C)=O)CCCCCC/C=C/CCC[C@@](C)(C(=O)N[C@@H](CCC(=O)O)C(=O)N[C@@H](CC(=O)O)C(N)=O)NC(=O)[C@H](Cc2ccccc2)NC(=O)[C@H](CC(C)C)NC(=O)[C@H](CC(N)=O)NC(=O)[C@H](CO)NC1=O. The number of allylic oxidation sites excluding steroid dienone is 2. The van der Waals surface area contributed by atoms with Crippen molar-refractivity contribution >= 4 is 106 Å². The molecule has 0 unspecified atom stereocenters. The van der Waals surface area contributed by atoms with Crippen LogP contribution in [0.4, 0.5) is 0 Å². The highest BCUT2D eigenvalue weighted by molar-refractivity contribution is 6.02. The Kier molecular flexibility index (Phi) is 41.4. The number of amides is 16. The topological polar surface area (TPSA) is 620 Å². The van der Waals surface area contributed by atoms with Crippen molar-refractivity contribution in [2.24, 2.45) is 29.2 Å². The number of hydrogen-bond donors (Lipinski definition) is 20. The van der Waals surface area contributed by atoms with Crippen LogP contribution in [0.1, 0.15) is 183 Å². The molecule has 1 aromatic carbocycles. The number of nitrogens with one attached hydrogen (secondary N) is 13. The summed E-state index contributed by atoms with van der Waals surface area (Å²) in [5, 5.41) is 82.4. The zero-order valence-electron chi connectivity index (χ0n) is 66.3. The quantitative estimate of drug-likeness (QED) is 0.0314. The minimum Gasteiger partial charge on any atom is -0.481 e. The number of rotatable bonds is 31. The minimum atomic E-state index is -2.06. The van der Waals surface area contributed by atoms with E-state index in [2.05, 4.69) is 69.1 Å². The summed E-state index contributed by atoms with van der Waals surface area (Å²) in [5.74, 6) is -21.2. The zero-order chi connectivity index (χ0) is 85.7. The van der Waals surface area contributed by atoms with E-state index < -0.39 is 248 Å². The van der Waals surface area contributed by atoms with E-state index in [1.165, 1.54) is 25.7 Å². The number of carbonyl (C=O) groups is 18. The van der Waals surface area contributed by atoms with Crippen molar-refractivity contribution in [3.8, 4) is 0 Å². The number of nitrogens with zero attached hydrogens (tertiary/aromatic N) is 1. The van der Waals surface area contributed by atoms with E-state index in [0.717, 1.165) is 0 Å². The number of primary amides is 2. The van der Waals surface area contributed by atoms with Gasteiger partial charge in [-0.2, -0.15) is 0 Å². The third-order valence-corrected chi connectivity index (χ3v) is 19.8. The smallest absolute Gasteiger partial charge is 0.305 e. The van der Waals surface area contributed by atoms with Crippen molar-refractivity contribution in [1.29, 1.82) is 0 Å². The summed E-state index contributed by atoms with van der Waals surface area (Å²) in [7, 11) is 0. The highest BCUT2D eigenvalue weighted by atomic mass is 16.4. The van der Waals surface area contributed by atoms with Crippen LogP contribution in [0.2, 0.25) is 0 Å². The molecule has 114 heavy (non-hydrogen) atoms. The van der Waals surface area contributed by atoms with Gasteiger partial charge in [-0.05, 0) is 101 Å². The Bertz CT molecular complexity index is 3570. The lowest BCUT2D eigenvalue weighted by molar-refractivity contribution is -0.141. The number of benzene rings is 1. The van der Waals surface area contributed by atoms with Crippen LogP contribution in [0.5, 0.6) is 0 Å². The Morgan fingerprint density at radius 2 is 1.15 bits per heavy atom. The fraction of sp³-hybridized carbons (Fsp3) is 0.653. The molecule has 39 nitrogen and oxygen atoms in total. The summed E-state index contributed by atoms with van der Waals surface area (Å²) in [6, 6.07) is -9.70. The van der Waals surface area contributed by atoms with E-state index in [1.54, 1.807) is 78.0 Å². The summed E-state index contributed by atoms with van der Waals surface area (Å²) in [6.07, 6.45) is 3.25. The molecule has 0 bridgehead atoms. The first kappa shape index (κ1) is 97.5. The molecular weight excluding hydrogens is 1490 g/mol. The molecule has 15 atom stereocenters. The molecule has 16 amide bonds. The predicted octanol–water partition coefficient (Wildman–Crippen LogP) is -4.15. The fourth-order valence-corrected chi connectivity index (χ4v) is 12.6. The number of aliphatic hydroxyl groups excluding tert-OH is 3. The van der Waals surface area contributed by atoms with Crippen LogP contribution in [0, 0.1) is 17.8 Å². The summed E-state index contributed by atoms with van der Waals surface area (Å²) < 4.78 is 0. The van der Waals surface area contributed by atoms with Crippen LogP contribution in [-0.4, -0.2) is 247 Å². The Morgan fingerprint density at radius 3 is 1.72 bits per heavy atom. The van der Waals surface area contributed by atoms with Gasteiger partial charge in [-0.25, -0.2) is 0 Å².